The number of benzene rings is 2. The number of halogens is 1. The van der Waals surface area contributed by atoms with Crippen LogP contribution >= 0.6 is 23.4 Å². The molecule has 1 aliphatic rings. The first-order valence-corrected chi connectivity index (χ1v) is 10.5. The maximum absolute atomic E-state index is 13.4. The number of carbonyl (C=O) groups excluding carboxylic acids is 2. The summed E-state index contributed by atoms with van der Waals surface area (Å²) < 4.78 is 16.0. The van der Waals surface area contributed by atoms with Crippen molar-refractivity contribution in [1.82, 2.24) is 4.90 Å². The molecule has 2 heterocycles. The van der Waals surface area contributed by atoms with Gasteiger partial charge in [-0.05, 0) is 54.1 Å². The van der Waals surface area contributed by atoms with Crippen molar-refractivity contribution >= 4 is 40.8 Å². The van der Waals surface area contributed by atoms with Crippen LogP contribution in [0.4, 0.5) is 0 Å². The highest BCUT2D eigenvalue weighted by Gasteiger charge is 2.40. The smallest absolute Gasteiger partial charge is 0.268 e. The van der Waals surface area contributed by atoms with Gasteiger partial charge in [-0.2, -0.15) is 0 Å². The summed E-state index contributed by atoms with van der Waals surface area (Å²) in [4.78, 5) is 28.9. The number of amides is 2. The fraction of sp³-hybridized carbons (Fsp3) is 0.130. The molecule has 2 aromatic carbocycles. The Kier molecular flexibility index (Phi) is 6.06. The standard InChI is InChI=1S/C23H18ClNO5S/c1-28-18-10-5-14(12-19(18)29-2)20-21(31-17-8-6-15(24)7-9-17)23(27)25(22(20)26)13-16-4-3-11-30-16/h3-12H,13H2,1-2H3. The Bertz CT molecular complexity index is 1160. The first-order chi connectivity index (χ1) is 15.0. The van der Waals surface area contributed by atoms with Gasteiger partial charge in [0.25, 0.3) is 11.8 Å². The van der Waals surface area contributed by atoms with Crippen molar-refractivity contribution < 1.29 is 23.5 Å². The van der Waals surface area contributed by atoms with E-state index in [0.29, 0.717) is 38.3 Å². The highest BCUT2D eigenvalue weighted by molar-refractivity contribution is 8.04. The predicted octanol–water partition coefficient (Wildman–Crippen LogP) is 5.02. The molecule has 4 rings (SSSR count). The summed E-state index contributed by atoms with van der Waals surface area (Å²) in [6.07, 6.45) is 1.51. The second-order valence-corrected chi connectivity index (χ2v) is 8.13. The number of thioether (sulfide) groups is 1. The molecule has 0 fully saturated rings. The number of rotatable bonds is 7. The van der Waals surface area contributed by atoms with Gasteiger partial charge in [0.1, 0.15) is 5.76 Å². The maximum atomic E-state index is 13.4. The Morgan fingerprint density at radius 1 is 0.968 bits per heavy atom. The van der Waals surface area contributed by atoms with Crippen molar-refractivity contribution in [3.05, 3.63) is 82.1 Å². The van der Waals surface area contributed by atoms with Gasteiger partial charge in [0.2, 0.25) is 0 Å². The van der Waals surface area contributed by atoms with Crippen LogP contribution in [0.3, 0.4) is 0 Å². The summed E-state index contributed by atoms with van der Waals surface area (Å²) in [7, 11) is 3.05. The minimum atomic E-state index is -0.398. The van der Waals surface area contributed by atoms with Crippen LogP contribution in [-0.4, -0.2) is 30.9 Å². The second-order valence-electron chi connectivity index (χ2n) is 6.61. The Hall–Kier alpha value is -3.16. The van der Waals surface area contributed by atoms with E-state index < -0.39 is 5.91 Å². The van der Waals surface area contributed by atoms with Crippen LogP contribution in [0.2, 0.25) is 5.02 Å². The van der Waals surface area contributed by atoms with Crippen LogP contribution in [0, 0.1) is 0 Å². The molecule has 158 valence electrons. The van der Waals surface area contributed by atoms with Gasteiger partial charge in [0.15, 0.2) is 11.5 Å². The van der Waals surface area contributed by atoms with E-state index >= 15 is 0 Å². The van der Waals surface area contributed by atoms with Crippen molar-refractivity contribution in [1.29, 1.82) is 0 Å². The first-order valence-electron chi connectivity index (χ1n) is 9.30. The van der Waals surface area contributed by atoms with E-state index in [1.807, 2.05) is 0 Å². The van der Waals surface area contributed by atoms with Gasteiger partial charge >= 0.3 is 0 Å². The molecule has 3 aromatic rings. The second kappa shape index (κ2) is 8.91. The van der Waals surface area contributed by atoms with E-state index in [1.165, 1.54) is 37.1 Å². The van der Waals surface area contributed by atoms with Gasteiger partial charge in [-0.3, -0.25) is 14.5 Å². The average Bonchev–Trinajstić information content (AvgIpc) is 3.38. The lowest BCUT2D eigenvalue weighted by molar-refractivity contribution is -0.137. The number of nitrogens with zero attached hydrogens (tertiary/aromatic N) is 1. The summed E-state index contributed by atoms with van der Waals surface area (Å²) in [6, 6.07) is 15.7. The molecule has 0 radical (unpaired) electrons. The molecule has 2 amide bonds. The predicted molar refractivity (Wildman–Crippen MR) is 118 cm³/mol. The van der Waals surface area contributed by atoms with Gasteiger partial charge in [-0.15, -0.1) is 0 Å². The third-order valence-corrected chi connectivity index (χ3v) is 6.07. The highest BCUT2D eigenvalue weighted by Crippen LogP contribution is 2.42. The molecule has 1 aromatic heterocycles. The monoisotopic (exact) mass is 455 g/mol. The minimum Gasteiger partial charge on any atom is -0.493 e. The molecule has 8 heteroatoms. The minimum absolute atomic E-state index is 0.0478. The Morgan fingerprint density at radius 2 is 1.71 bits per heavy atom. The molecule has 0 N–H and O–H groups in total. The lowest BCUT2D eigenvalue weighted by Crippen LogP contribution is -2.30. The number of hydrogen-bond donors (Lipinski definition) is 0. The molecule has 0 saturated heterocycles. The molecule has 1 aliphatic heterocycles. The number of carbonyl (C=O) groups is 2. The maximum Gasteiger partial charge on any atom is 0.268 e. The lowest BCUT2D eigenvalue weighted by atomic mass is 10.1. The van der Waals surface area contributed by atoms with E-state index in [9.17, 15) is 9.59 Å². The van der Waals surface area contributed by atoms with Crippen LogP contribution in [-0.2, 0) is 16.1 Å². The van der Waals surface area contributed by atoms with Crippen LogP contribution < -0.4 is 9.47 Å². The van der Waals surface area contributed by atoms with Gasteiger partial charge in [-0.1, -0.05) is 29.4 Å². The van der Waals surface area contributed by atoms with Crippen LogP contribution in [0.1, 0.15) is 11.3 Å². The topological polar surface area (TPSA) is 69.0 Å². The van der Waals surface area contributed by atoms with Gasteiger partial charge in [-0.25, -0.2) is 0 Å². The molecular formula is C23H18ClNO5S. The fourth-order valence-corrected chi connectivity index (χ4v) is 4.36. The number of hydrogen-bond acceptors (Lipinski definition) is 6. The SMILES string of the molecule is COc1ccc(C2=C(Sc3ccc(Cl)cc3)C(=O)N(Cc3ccco3)C2=O)cc1OC. The third kappa shape index (κ3) is 4.19. The Morgan fingerprint density at radius 3 is 2.35 bits per heavy atom. The summed E-state index contributed by atoms with van der Waals surface area (Å²) in [5.41, 5.74) is 0.867. The van der Waals surface area contributed by atoms with Crippen LogP contribution in [0.5, 0.6) is 11.5 Å². The molecule has 0 saturated carbocycles. The molecule has 0 unspecified atom stereocenters. The number of furan rings is 1. The summed E-state index contributed by atoms with van der Waals surface area (Å²) in [5.74, 6) is 0.735. The molecular weight excluding hydrogens is 438 g/mol. The van der Waals surface area contributed by atoms with E-state index in [4.69, 9.17) is 25.5 Å². The zero-order valence-electron chi connectivity index (χ0n) is 16.8. The zero-order valence-corrected chi connectivity index (χ0v) is 18.3. The summed E-state index contributed by atoms with van der Waals surface area (Å²) >= 11 is 7.20. The molecule has 0 bridgehead atoms. The fourth-order valence-electron chi connectivity index (χ4n) is 3.22. The number of methoxy groups -OCH3 is 2. The molecule has 31 heavy (non-hydrogen) atoms. The molecule has 0 atom stereocenters. The number of ether oxygens (including phenoxy) is 2. The zero-order chi connectivity index (χ0) is 22.0. The number of imide groups is 1. The quantitative estimate of drug-likeness (QED) is 0.466. The van der Waals surface area contributed by atoms with Gasteiger partial charge < -0.3 is 13.9 Å². The molecule has 6 nitrogen and oxygen atoms in total. The van der Waals surface area contributed by atoms with E-state index in [-0.39, 0.29) is 12.5 Å². The van der Waals surface area contributed by atoms with Crippen molar-refractivity contribution in [2.75, 3.05) is 14.2 Å². The van der Waals surface area contributed by atoms with E-state index in [0.717, 1.165) is 4.90 Å². The third-order valence-electron chi connectivity index (χ3n) is 4.73. The van der Waals surface area contributed by atoms with Crippen molar-refractivity contribution in [2.24, 2.45) is 0 Å². The van der Waals surface area contributed by atoms with Crippen LogP contribution in [0.15, 0.2) is 75.1 Å². The van der Waals surface area contributed by atoms with E-state index in [1.54, 1.807) is 54.6 Å². The molecule has 0 spiro atoms. The summed E-state index contributed by atoms with van der Waals surface area (Å²) in [6.45, 7) is 0.0478. The average molecular weight is 456 g/mol. The van der Waals surface area contributed by atoms with Crippen molar-refractivity contribution in [3.63, 3.8) is 0 Å². The largest absolute Gasteiger partial charge is 0.493 e. The van der Waals surface area contributed by atoms with Crippen LogP contribution in [0.25, 0.3) is 5.57 Å². The first kappa shape index (κ1) is 21.1. The highest BCUT2D eigenvalue weighted by atomic mass is 35.5. The van der Waals surface area contributed by atoms with E-state index in [2.05, 4.69) is 0 Å². The van der Waals surface area contributed by atoms with Crippen molar-refractivity contribution in [3.8, 4) is 11.5 Å². The molecule has 0 aliphatic carbocycles. The normalized spacial score (nSPS) is 13.8. The van der Waals surface area contributed by atoms with Gasteiger partial charge in [0.05, 0.1) is 37.5 Å². The Balaban J connectivity index is 1.78. The van der Waals surface area contributed by atoms with Crippen molar-refractivity contribution in [2.45, 2.75) is 11.4 Å². The lowest BCUT2D eigenvalue weighted by Gasteiger charge is -2.14. The van der Waals surface area contributed by atoms with Gasteiger partial charge in [0, 0.05) is 9.92 Å². The summed E-state index contributed by atoms with van der Waals surface area (Å²) in [5, 5.41) is 0.590. The Labute approximate surface area is 188 Å².